The molecule has 0 atom stereocenters. The zero-order valence-electron chi connectivity index (χ0n) is 7.98. The Morgan fingerprint density at radius 2 is 1.93 bits per heavy atom. The first-order valence-corrected chi connectivity index (χ1v) is 6.35. The highest BCUT2D eigenvalue weighted by atomic mass is 28.2. The molecule has 0 N–H and O–H groups in total. The third kappa shape index (κ3) is 2.28. The number of methoxy groups -OCH3 is 1. The summed E-state index contributed by atoms with van der Waals surface area (Å²) in [5.74, 6) is -0.108. The van der Waals surface area contributed by atoms with Crippen LogP contribution in [-0.4, -0.2) is 16.6 Å². The summed E-state index contributed by atoms with van der Waals surface area (Å²) in [5, 5.41) is 0.790. The van der Waals surface area contributed by atoms with Crippen molar-refractivity contribution in [3.63, 3.8) is 0 Å². The van der Waals surface area contributed by atoms with Crippen molar-refractivity contribution >= 4 is 14.7 Å². The second-order valence-corrected chi connectivity index (χ2v) is 4.41. The maximum atomic E-state index is 12.5. The summed E-state index contributed by atoms with van der Waals surface area (Å²) in [4.78, 5) is 0. The lowest BCUT2D eigenvalue weighted by Gasteiger charge is -2.12. The molecule has 0 aliphatic rings. The van der Waals surface area contributed by atoms with Crippen LogP contribution in [0.2, 0.25) is 6.55 Å². The second-order valence-electron chi connectivity index (χ2n) is 2.89. The average molecular weight is 220 g/mol. The fourth-order valence-corrected chi connectivity index (χ4v) is 1.96. The molecule has 0 amide bonds. The molecule has 0 saturated carbocycles. The van der Waals surface area contributed by atoms with Crippen LogP contribution in [0.4, 0.5) is 13.2 Å². The van der Waals surface area contributed by atoms with Gasteiger partial charge in [-0.15, -0.1) is 0 Å². The molecule has 0 fully saturated rings. The van der Waals surface area contributed by atoms with Gasteiger partial charge in [0.2, 0.25) is 0 Å². The first kappa shape index (κ1) is 11.1. The molecule has 14 heavy (non-hydrogen) atoms. The lowest BCUT2D eigenvalue weighted by molar-refractivity contribution is -0.138. The molecule has 1 nitrogen and oxygen atoms in total. The van der Waals surface area contributed by atoms with Crippen molar-refractivity contribution in [2.24, 2.45) is 0 Å². The number of ether oxygens (including phenoxy) is 1. The first-order valence-electron chi connectivity index (χ1n) is 4.23. The van der Waals surface area contributed by atoms with E-state index in [9.17, 15) is 13.2 Å². The Bertz CT molecular complexity index is 322. The highest BCUT2D eigenvalue weighted by Gasteiger charge is 2.34. The Kier molecular flexibility index (Phi) is 3.20. The molecule has 1 rings (SSSR count). The second kappa shape index (κ2) is 4.04. The zero-order chi connectivity index (χ0) is 10.8. The van der Waals surface area contributed by atoms with Crippen molar-refractivity contribution in [2.45, 2.75) is 12.7 Å². The molecule has 0 unspecified atom stereocenters. The fraction of sp³-hybridized carbons (Fsp3) is 0.333. The van der Waals surface area contributed by atoms with Gasteiger partial charge in [-0.05, 0) is 12.1 Å². The molecule has 5 heteroatoms. The van der Waals surface area contributed by atoms with Crippen LogP contribution in [-0.2, 0) is 6.18 Å². The van der Waals surface area contributed by atoms with Gasteiger partial charge in [-0.25, -0.2) is 0 Å². The summed E-state index contributed by atoms with van der Waals surface area (Å²) in [5.41, 5.74) is -0.674. The highest BCUT2D eigenvalue weighted by Crippen LogP contribution is 2.35. The van der Waals surface area contributed by atoms with Crippen molar-refractivity contribution in [1.29, 1.82) is 0 Å². The predicted molar refractivity (Wildman–Crippen MR) is 52.0 cm³/mol. The van der Waals surface area contributed by atoms with E-state index in [0.29, 0.717) is 0 Å². The van der Waals surface area contributed by atoms with Gasteiger partial charge in [0.15, 0.2) is 0 Å². The van der Waals surface area contributed by atoms with Crippen molar-refractivity contribution in [2.75, 3.05) is 7.11 Å². The van der Waals surface area contributed by atoms with E-state index < -0.39 is 21.3 Å². The van der Waals surface area contributed by atoms with Gasteiger partial charge in [0.25, 0.3) is 0 Å². The Hall–Kier alpha value is -0.973. The van der Waals surface area contributed by atoms with E-state index in [1.54, 1.807) is 6.07 Å². The van der Waals surface area contributed by atoms with Crippen LogP contribution in [0.25, 0.3) is 0 Å². The first-order chi connectivity index (χ1) is 6.49. The zero-order valence-corrected chi connectivity index (χ0v) is 9.40. The number of benzene rings is 1. The summed E-state index contributed by atoms with van der Waals surface area (Å²) in [7, 11) is 0.676. The summed E-state index contributed by atoms with van der Waals surface area (Å²) >= 11 is 0. The van der Waals surface area contributed by atoms with E-state index in [1.807, 2.05) is 6.55 Å². The molecule has 0 spiro atoms. The molecule has 0 aliphatic heterocycles. The molecule has 0 radical (unpaired) electrons. The van der Waals surface area contributed by atoms with Gasteiger partial charge in [-0.2, -0.15) is 13.2 Å². The normalized spacial score (nSPS) is 12.4. The molecule has 0 aromatic heterocycles. The lowest BCUT2D eigenvalue weighted by atomic mass is 10.2. The molecule has 1 aromatic carbocycles. The molecular formula is C9H11F3OSi. The van der Waals surface area contributed by atoms with Crippen LogP contribution in [0, 0.1) is 0 Å². The van der Waals surface area contributed by atoms with Crippen LogP contribution >= 0.6 is 0 Å². The van der Waals surface area contributed by atoms with Crippen molar-refractivity contribution in [3.05, 3.63) is 23.8 Å². The van der Waals surface area contributed by atoms with Crippen molar-refractivity contribution < 1.29 is 17.9 Å². The molecule has 0 saturated heterocycles. The summed E-state index contributed by atoms with van der Waals surface area (Å²) in [6.07, 6.45) is -4.33. The van der Waals surface area contributed by atoms with Crippen LogP contribution < -0.4 is 9.92 Å². The Morgan fingerprint density at radius 1 is 1.29 bits per heavy atom. The van der Waals surface area contributed by atoms with Gasteiger partial charge >= 0.3 is 6.18 Å². The maximum absolute atomic E-state index is 12.5. The monoisotopic (exact) mass is 220 g/mol. The van der Waals surface area contributed by atoms with Crippen LogP contribution in [0.1, 0.15) is 5.56 Å². The number of rotatable bonds is 2. The van der Waals surface area contributed by atoms with Gasteiger partial charge in [0.05, 0.1) is 22.2 Å². The number of halogens is 3. The number of hydrogen-bond donors (Lipinski definition) is 0. The molecule has 0 heterocycles. The third-order valence-corrected chi connectivity index (χ3v) is 3.23. The van der Waals surface area contributed by atoms with Gasteiger partial charge in [-0.1, -0.05) is 17.8 Å². The lowest BCUT2D eigenvalue weighted by Crippen LogP contribution is -2.16. The average Bonchev–Trinajstić information content (AvgIpc) is 2.15. The molecule has 0 aliphatic carbocycles. The van der Waals surface area contributed by atoms with Crippen LogP contribution in [0.15, 0.2) is 18.2 Å². The minimum absolute atomic E-state index is 0.108. The molecule has 1 aromatic rings. The van der Waals surface area contributed by atoms with E-state index in [2.05, 4.69) is 4.74 Å². The topological polar surface area (TPSA) is 9.23 Å². The van der Waals surface area contributed by atoms with E-state index in [-0.39, 0.29) is 5.75 Å². The van der Waals surface area contributed by atoms with Crippen molar-refractivity contribution in [3.8, 4) is 5.75 Å². The predicted octanol–water partition coefficient (Wildman–Crippen LogP) is 1.56. The highest BCUT2D eigenvalue weighted by molar-refractivity contribution is 6.51. The minimum atomic E-state index is -4.33. The quantitative estimate of drug-likeness (QED) is 0.687. The van der Waals surface area contributed by atoms with Gasteiger partial charge in [0.1, 0.15) is 5.75 Å². The van der Waals surface area contributed by atoms with Crippen LogP contribution in [0.5, 0.6) is 5.75 Å². The standard InChI is InChI=1S/C9H11F3OSi/c1-13-8-4-3-6(14-2)5-7(8)9(10,11)12/h3-5H,14H2,1-2H3. The largest absolute Gasteiger partial charge is 0.496 e. The fourth-order valence-electron chi connectivity index (χ4n) is 1.20. The van der Waals surface area contributed by atoms with E-state index in [1.165, 1.54) is 19.2 Å². The van der Waals surface area contributed by atoms with E-state index in [0.717, 1.165) is 5.19 Å². The number of hydrogen-bond acceptors (Lipinski definition) is 1. The van der Waals surface area contributed by atoms with Gasteiger partial charge < -0.3 is 4.74 Å². The summed E-state index contributed by atoms with van der Waals surface area (Å²) in [6.45, 7) is 1.95. The summed E-state index contributed by atoms with van der Waals surface area (Å²) in [6, 6.07) is 4.26. The third-order valence-electron chi connectivity index (χ3n) is 1.98. The van der Waals surface area contributed by atoms with E-state index in [4.69, 9.17) is 0 Å². The SMILES string of the molecule is COc1ccc([SiH2]C)cc1C(F)(F)F. The van der Waals surface area contributed by atoms with E-state index >= 15 is 0 Å². The Balaban J connectivity index is 3.22. The molecule has 78 valence electrons. The molecular weight excluding hydrogens is 209 g/mol. The smallest absolute Gasteiger partial charge is 0.419 e. The minimum Gasteiger partial charge on any atom is -0.496 e. The van der Waals surface area contributed by atoms with Gasteiger partial charge in [-0.3, -0.25) is 0 Å². The summed E-state index contributed by atoms with van der Waals surface area (Å²) < 4.78 is 42.1. The van der Waals surface area contributed by atoms with Gasteiger partial charge in [0, 0.05) is 0 Å². The van der Waals surface area contributed by atoms with Crippen LogP contribution in [0.3, 0.4) is 0 Å². The Morgan fingerprint density at radius 3 is 2.36 bits per heavy atom. The van der Waals surface area contributed by atoms with Crippen molar-refractivity contribution in [1.82, 2.24) is 0 Å². The Labute approximate surface area is 82.7 Å². The maximum Gasteiger partial charge on any atom is 0.419 e. The number of alkyl halides is 3. The molecule has 0 bridgehead atoms.